The molecule has 2 aliphatic rings. The standard InChI is InChI=1S/C18H16F2N2O3/c19-14-3-1-12(9-15(14)20)18(23)22-7-5-21(6-8-22)13-2-4-16-17(10-13)25-11-24-16/h1-4,9-10H,5-8,11H2. The van der Waals surface area contributed by atoms with Gasteiger partial charge in [0.2, 0.25) is 6.79 Å². The highest BCUT2D eigenvalue weighted by atomic mass is 19.2. The Labute approximate surface area is 143 Å². The molecule has 0 saturated carbocycles. The molecular weight excluding hydrogens is 330 g/mol. The fourth-order valence-electron chi connectivity index (χ4n) is 3.06. The maximum atomic E-state index is 13.3. The van der Waals surface area contributed by atoms with E-state index in [4.69, 9.17) is 9.47 Å². The summed E-state index contributed by atoms with van der Waals surface area (Å²) >= 11 is 0. The summed E-state index contributed by atoms with van der Waals surface area (Å²) in [6.45, 7) is 2.54. The third kappa shape index (κ3) is 2.97. The van der Waals surface area contributed by atoms with E-state index < -0.39 is 11.6 Å². The zero-order chi connectivity index (χ0) is 17.4. The van der Waals surface area contributed by atoms with Crippen molar-refractivity contribution in [3.05, 3.63) is 53.6 Å². The molecule has 0 spiro atoms. The number of halogens is 2. The molecule has 1 fully saturated rings. The van der Waals surface area contributed by atoms with Crippen molar-refractivity contribution in [3.63, 3.8) is 0 Å². The van der Waals surface area contributed by atoms with Gasteiger partial charge in [-0.2, -0.15) is 0 Å². The Morgan fingerprint density at radius 1 is 0.880 bits per heavy atom. The van der Waals surface area contributed by atoms with Crippen LogP contribution in [0.2, 0.25) is 0 Å². The van der Waals surface area contributed by atoms with Crippen molar-refractivity contribution < 1.29 is 23.0 Å². The first-order valence-electron chi connectivity index (χ1n) is 8.01. The van der Waals surface area contributed by atoms with Crippen LogP contribution in [0.4, 0.5) is 14.5 Å². The van der Waals surface area contributed by atoms with Gasteiger partial charge in [-0.3, -0.25) is 4.79 Å². The summed E-state index contributed by atoms with van der Waals surface area (Å²) in [5.41, 5.74) is 1.17. The van der Waals surface area contributed by atoms with Gasteiger partial charge in [-0.05, 0) is 30.3 Å². The van der Waals surface area contributed by atoms with Crippen molar-refractivity contribution in [1.82, 2.24) is 4.90 Å². The molecule has 2 heterocycles. The Morgan fingerprint density at radius 2 is 1.64 bits per heavy atom. The zero-order valence-electron chi connectivity index (χ0n) is 13.4. The summed E-state index contributed by atoms with van der Waals surface area (Å²) in [7, 11) is 0. The molecule has 0 N–H and O–H groups in total. The van der Waals surface area contributed by atoms with Gasteiger partial charge < -0.3 is 19.3 Å². The molecule has 25 heavy (non-hydrogen) atoms. The minimum absolute atomic E-state index is 0.162. The van der Waals surface area contributed by atoms with Crippen LogP contribution in [0.1, 0.15) is 10.4 Å². The third-order valence-electron chi connectivity index (χ3n) is 4.45. The Balaban J connectivity index is 1.42. The van der Waals surface area contributed by atoms with Crippen molar-refractivity contribution in [2.75, 3.05) is 37.9 Å². The van der Waals surface area contributed by atoms with Crippen LogP contribution in [0.15, 0.2) is 36.4 Å². The van der Waals surface area contributed by atoms with E-state index >= 15 is 0 Å². The molecule has 1 saturated heterocycles. The lowest BCUT2D eigenvalue weighted by atomic mass is 10.1. The number of rotatable bonds is 2. The number of carbonyl (C=O) groups is 1. The van der Waals surface area contributed by atoms with Crippen LogP contribution in [-0.4, -0.2) is 43.8 Å². The van der Waals surface area contributed by atoms with Crippen molar-refractivity contribution in [3.8, 4) is 11.5 Å². The largest absolute Gasteiger partial charge is 0.454 e. The number of carbonyl (C=O) groups excluding carboxylic acids is 1. The second-order valence-corrected chi connectivity index (χ2v) is 5.95. The van der Waals surface area contributed by atoms with Gasteiger partial charge in [-0.15, -0.1) is 0 Å². The molecule has 0 bridgehead atoms. The number of fused-ring (bicyclic) bond motifs is 1. The highest BCUT2D eigenvalue weighted by molar-refractivity contribution is 5.94. The van der Waals surface area contributed by atoms with Gasteiger partial charge in [0, 0.05) is 43.5 Å². The molecule has 4 rings (SSSR count). The van der Waals surface area contributed by atoms with Gasteiger partial charge in [0.1, 0.15) is 0 Å². The zero-order valence-corrected chi connectivity index (χ0v) is 13.4. The van der Waals surface area contributed by atoms with Crippen molar-refractivity contribution in [1.29, 1.82) is 0 Å². The Bertz CT molecular complexity index is 820. The summed E-state index contributed by atoms with van der Waals surface area (Å²) in [5.74, 6) is -0.799. The summed E-state index contributed by atoms with van der Waals surface area (Å²) in [4.78, 5) is 16.2. The van der Waals surface area contributed by atoms with Crippen LogP contribution in [0.5, 0.6) is 11.5 Å². The highest BCUT2D eigenvalue weighted by Gasteiger charge is 2.24. The summed E-state index contributed by atoms with van der Waals surface area (Å²) in [5, 5.41) is 0. The fourth-order valence-corrected chi connectivity index (χ4v) is 3.06. The summed E-state index contributed by atoms with van der Waals surface area (Å²) in [6.07, 6.45) is 0. The van der Waals surface area contributed by atoms with E-state index in [1.807, 2.05) is 18.2 Å². The fraction of sp³-hybridized carbons (Fsp3) is 0.278. The number of anilines is 1. The van der Waals surface area contributed by atoms with Gasteiger partial charge in [0.05, 0.1) is 0 Å². The van der Waals surface area contributed by atoms with E-state index in [9.17, 15) is 13.6 Å². The first-order chi connectivity index (χ1) is 12.1. The predicted octanol–water partition coefficient (Wildman–Crippen LogP) is 2.66. The molecule has 2 aromatic rings. The lowest BCUT2D eigenvalue weighted by Crippen LogP contribution is -2.48. The Kier molecular flexibility index (Phi) is 3.91. The molecule has 1 amide bonds. The number of ether oxygens (including phenoxy) is 2. The van der Waals surface area contributed by atoms with E-state index in [0.29, 0.717) is 26.2 Å². The molecule has 0 aromatic heterocycles. The number of nitrogens with zero attached hydrogens (tertiary/aromatic N) is 2. The van der Waals surface area contributed by atoms with Gasteiger partial charge in [-0.1, -0.05) is 0 Å². The maximum Gasteiger partial charge on any atom is 0.254 e. The first-order valence-corrected chi connectivity index (χ1v) is 8.01. The summed E-state index contributed by atoms with van der Waals surface area (Å²) < 4.78 is 37.0. The van der Waals surface area contributed by atoms with E-state index in [1.54, 1.807) is 4.90 Å². The van der Waals surface area contributed by atoms with E-state index in [-0.39, 0.29) is 18.3 Å². The molecule has 2 aliphatic heterocycles. The van der Waals surface area contributed by atoms with Gasteiger partial charge in [0.25, 0.3) is 5.91 Å². The topological polar surface area (TPSA) is 42.0 Å². The van der Waals surface area contributed by atoms with Crippen LogP contribution in [0.3, 0.4) is 0 Å². The summed E-state index contributed by atoms with van der Waals surface area (Å²) in [6, 6.07) is 8.99. The SMILES string of the molecule is O=C(c1ccc(F)c(F)c1)N1CCN(c2ccc3c(c2)OCO3)CC1. The van der Waals surface area contributed by atoms with Crippen LogP contribution in [0, 0.1) is 11.6 Å². The van der Waals surface area contributed by atoms with Crippen LogP contribution < -0.4 is 14.4 Å². The molecule has 0 unspecified atom stereocenters. The number of amides is 1. The van der Waals surface area contributed by atoms with Crippen LogP contribution in [0.25, 0.3) is 0 Å². The molecular formula is C18H16F2N2O3. The Hall–Kier alpha value is -2.83. The molecule has 2 aromatic carbocycles. The molecule has 0 radical (unpaired) electrons. The first kappa shape index (κ1) is 15.7. The molecule has 5 nitrogen and oxygen atoms in total. The van der Waals surface area contributed by atoms with E-state index in [0.717, 1.165) is 29.3 Å². The second kappa shape index (κ2) is 6.23. The average molecular weight is 346 g/mol. The molecule has 0 aliphatic carbocycles. The molecule has 7 heteroatoms. The number of hydrogen-bond donors (Lipinski definition) is 0. The quantitative estimate of drug-likeness (QED) is 0.838. The lowest BCUT2D eigenvalue weighted by Gasteiger charge is -2.36. The second-order valence-electron chi connectivity index (χ2n) is 5.95. The number of hydrogen-bond acceptors (Lipinski definition) is 4. The van der Waals surface area contributed by atoms with Crippen molar-refractivity contribution in [2.24, 2.45) is 0 Å². The van der Waals surface area contributed by atoms with Crippen LogP contribution in [-0.2, 0) is 0 Å². The maximum absolute atomic E-state index is 13.3. The minimum Gasteiger partial charge on any atom is -0.454 e. The van der Waals surface area contributed by atoms with E-state index in [1.165, 1.54) is 6.07 Å². The van der Waals surface area contributed by atoms with Crippen molar-refractivity contribution >= 4 is 11.6 Å². The lowest BCUT2D eigenvalue weighted by molar-refractivity contribution is 0.0746. The number of benzene rings is 2. The normalized spacial score (nSPS) is 16.2. The van der Waals surface area contributed by atoms with Gasteiger partial charge in [0.15, 0.2) is 23.1 Å². The van der Waals surface area contributed by atoms with E-state index in [2.05, 4.69) is 4.90 Å². The average Bonchev–Trinajstić information content (AvgIpc) is 3.11. The van der Waals surface area contributed by atoms with Crippen LogP contribution >= 0.6 is 0 Å². The Morgan fingerprint density at radius 3 is 2.40 bits per heavy atom. The smallest absolute Gasteiger partial charge is 0.254 e. The minimum atomic E-state index is -1.01. The van der Waals surface area contributed by atoms with Gasteiger partial charge >= 0.3 is 0 Å². The van der Waals surface area contributed by atoms with Crippen molar-refractivity contribution in [2.45, 2.75) is 0 Å². The molecule has 0 atom stereocenters. The predicted molar refractivity (Wildman–Crippen MR) is 87.0 cm³/mol. The monoisotopic (exact) mass is 346 g/mol. The third-order valence-corrected chi connectivity index (χ3v) is 4.45. The highest BCUT2D eigenvalue weighted by Crippen LogP contribution is 2.35. The van der Waals surface area contributed by atoms with Gasteiger partial charge in [-0.25, -0.2) is 8.78 Å². The number of piperazine rings is 1. The molecule has 130 valence electrons.